The lowest BCUT2D eigenvalue weighted by molar-refractivity contribution is -0.124. The maximum absolute atomic E-state index is 11.5. The Labute approximate surface area is 153 Å². The molecule has 1 amide bonds. The molecule has 6 nitrogen and oxygen atoms in total. The molecule has 6 heteroatoms. The van der Waals surface area contributed by atoms with E-state index in [0.717, 1.165) is 56.4 Å². The van der Waals surface area contributed by atoms with E-state index in [1.54, 1.807) is 0 Å². The summed E-state index contributed by atoms with van der Waals surface area (Å²) in [6.45, 7) is 3.75. The third kappa shape index (κ3) is 2.92. The molecule has 1 aliphatic carbocycles. The highest BCUT2D eigenvalue weighted by Gasteiger charge is 2.41. The van der Waals surface area contributed by atoms with Crippen LogP contribution in [0, 0.1) is 5.41 Å². The molecular formula is C20H25N5O. The number of hydrogen-bond acceptors (Lipinski definition) is 4. The maximum atomic E-state index is 11.5. The molecule has 3 heterocycles. The van der Waals surface area contributed by atoms with Gasteiger partial charge in [0.2, 0.25) is 5.91 Å². The average molecular weight is 351 g/mol. The lowest BCUT2D eigenvalue weighted by Gasteiger charge is -2.33. The molecule has 1 N–H and O–H groups in total. The Morgan fingerprint density at radius 2 is 2.00 bits per heavy atom. The van der Waals surface area contributed by atoms with Crippen molar-refractivity contribution < 1.29 is 4.79 Å². The molecule has 1 aromatic carbocycles. The van der Waals surface area contributed by atoms with Crippen LogP contribution >= 0.6 is 0 Å². The Morgan fingerprint density at radius 3 is 2.73 bits per heavy atom. The SMILES string of the molecule is O=C1CCC2(CCN(Cc3nnc(C4CC4)n3-c3ccccc3)C2)CN1. The van der Waals surface area contributed by atoms with Crippen molar-refractivity contribution in [2.45, 2.75) is 44.6 Å². The second-order valence-corrected chi connectivity index (χ2v) is 8.16. The summed E-state index contributed by atoms with van der Waals surface area (Å²) in [7, 11) is 0. The van der Waals surface area contributed by atoms with E-state index in [0.29, 0.717) is 12.3 Å². The average Bonchev–Trinajstić information content (AvgIpc) is 3.32. The molecule has 1 atom stereocenters. The molecular weight excluding hydrogens is 326 g/mol. The highest BCUT2D eigenvalue weighted by molar-refractivity contribution is 5.76. The van der Waals surface area contributed by atoms with Crippen molar-refractivity contribution in [2.75, 3.05) is 19.6 Å². The van der Waals surface area contributed by atoms with Gasteiger partial charge in [-0.05, 0) is 44.4 Å². The first-order chi connectivity index (χ1) is 12.7. The third-order valence-corrected chi connectivity index (χ3v) is 6.14. The van der Waals surface area contributed by atoms with E-state index in [1.807, 2.05) is 6.07 Å². The fourth-order valence-corrected chi connectivity index (χ4v) is 4.45. The molecule has 136 valence electrons. The van der Waals surface area contributed by atoms with Crippen LogP contribution in [-0.4, -0.2) is 45.2 Å². The first kappa shape index (κ1) is 16.0. The van der Waals surface area contributed by atoms with Crippen molar-refractivity contribution in [1.29, 1.82) is 0 Å². The van der Waals surface area contributed by atoms with Gasteiger partial charge in [-0.15, -0.1) is 10.2 Å². The van der Waals surface area contributed by atoms with Crippen LogP contribution in [0.1, 0.15) is 49.7 Å². The zero-order chi connectivity index (χ0) is 17.6. The van der Waals surface area contributed by atoms with Gasteiger partial charge in [0.1, 0.15) is 5.82 Å². The molecule has 0 bridgehead atoms. The molecule has 26 heavy (non-hydrogen) atoms. The monoisotopic (exact) mass is 351 g/mol. The number of aromatic nitrogens is 3. The van der Waals surface area contributed by atoms with Crippen molar-refractivity contribution in [3.63, 3.8) is 0 Å². The van der Waals surface area contributed by atoms with Gasteiger partial charge in [0.05, 0.1) is 6.54 Å². The number of nitrogens with zero attached hydrogens (tertiary/aromatic N) is 4. The van der Waals surface area contributed by atoms with Gasteiger partial charge in [0.25, 0.3) is 0 Å². The molecule has 1 spiro atoms. The Balaban J connectivity index is 1.37. The summed E-state index contributed by atoms with van der Waals surface area (Å²) < 4.78 is 2.27. The fourth-order valence-electron chi connectivity index (χ4n) is 4.45. The molecule has 3 aliphatic rings. The van der Waals surface area contributed by atoms with E-state index in [-0.39, 0.29) is 11.3 Å². The number of likely N-dealkylation sites (tertiary alicyclic amines) is 1. The second-order valence-electron chi connectivity index (χ2n) is 8.16. The lowest BCUT2D eigenvalue weighted by Crippen LogP contribution is -2.44. The highest BCUT2D eigenvalue weighted by atomic mass is 16.1. The Bertz CT molecular complexity index is 801. The fraction of sp³-hybridized carbons (Fsp3) is 0.550. The summed E-state index contributed by atoms with van der Waals surface area (Å²) in [4.78, 5) is 14.0. The molecule has 2 aliphatic heterocycles. The summed E-state index contributed by atoms with van der Waals surface area (Å²) in [5.41, 5.74) is 1.42. The summed E-state index contributed by atoms with van der Waals surface area (Å²) in [5.74, 6) is 2.92. The molecule has 2 aromatic rings. The van der Waals surface area contributed by atoms with Gasteiger partial charge < -0.3 is 5.32 Å². The van der Waals surface area contributed by atoms with Crippen LogP contribution in [0.4, 0.5) is 0 Å². The number of hydrogen-bond donors (Lipinski definition) is 1. The van der Waals surface area contributed by atoms with Crippen LogP contribution in [0.2, 0.25) is 0 Å². The van der Waals surface area contributed by atoms with E-state index < -0.39 is 0 Å². The van der Waals surface area contributed by atoms with Gasteiger partial charge in [-0.1, -0.05) is 18.2 Å². The van der Waals surface area contributed by atoms with Gasteiger partial charge >= 0.3 is 0 Å². The molecule has 2 saturated heterocycles. The van der Waals surface area contributed by atoms with Crippen LogP contribution < -0.4 is 5.32 Å². The minimum Gasteiger partial charge on any atom is -0.355 e. The smallest absolute Gasteiger partial charge is 0.220 e. The summed E-state index contributed by atoms with van der Waals surface area (Å²) in [5, 5.41) is 12.2. The van der Waals surface area contributed by atoms with Crippen LogP contribution in [0.3, 0.4) is 0 Å². The van der Waals surface area contributed by atoms with Gasteiger partial charge in [-0.25, -0.2) is 0 Å². The third-order valence-electron chi connectivity index (χ3n) is 6.14. The summed E-state index contributed by atoms with van der Waals surface area (Å²) in [6.07, 6.45) is 5.27. The minimum absolute atomic E-state index is 0.201. The van der Waals surface area contributed by atoms with E-state index in [1.165, 1.54) is 12.8 Å². The predicted molar refractivity (Wildman–Crippen MR) is 97.9 cm³/mol. The van der Waals surface area contributed by atoms with Crippen molar-refractivity contribution >= 4 is 5.91 Å². The normalized spacial score (nSPS) is 26.4. The van der Waals surface area contributed by atoms with Gasteiger partial charge in [-0.2, -0.15) is 0 Å². The van der Waals surface area contributed by atoms with Crippen LogP contribution in [0.25, 0.3) is 5.69 Å². The van der Waals surface area contributed by atoms with Crippen molar-refractivity contribution in [1.82, 2.24) is 25.0 Å². The Morgan fingerprint density at radius 1 is 1.15 bits per heavy atom. The molecule has 0 radical (unpaired) electrons. The Kier molecular flexibility index (Phi) is 3.81. The zero-order valence-electron chi connectivity index (χ0n) is 15.0. The summed E-state index contributed by atoms with van der Waals surface area (Å²) >= 11 is 0. The number of para-hydroxylation sites is 1. The van der Waals surface area contributed by atoms with Crippen LogP contribution in [-0.2, 0) is 11.3 Å². The summed E-state index contributed by atoms with van der Waals surface area (Å²) in [6, 6.07) is 10.5. The molecule has 1 aromatic heterocycles. The number of carbonyl (C=O) groups is 1. The van der Waals surface area contributed by atoms with Gasteiger partial charge in [0.15, 0.2) is 5.82 Å². The zero-order valence-corrected chi connectivity index (χ0v) is 15.0. The first-order valence-corrected chi connectivity index (χ1v) is 9.71. The van der Waals surface area contributed by atoms with Gasteiger partial charge in [-0.3, -0.25) is 14.3 Å². The molecule has 3 fully saturated rings. The first-order valence-electron chi connectivity index (χ1n) is 9.71. The molecule has 1 saturated carbocycles. The standard InChI is InChI=1S/C20H25N5O/c26-18-8-9-20(13-21-18)10-11-24(14-20)12-17-22-23-19(15-6-7-15)25(17)16-4-2-1-3-5-16/h1-5,15H,6-14H2,(H,21,26). The predicted octanol–water partition coefficient (Wildman–Crippen LogP) is 2.25. The van der Waals surface area contributed by atoms with Gasteiger partial charge in [0, 0.05) is 36.5 Å². The van der Waals surface area contributed by atoms with Crippen molar-refractivity contribution in [2.24, 2.45) is 5.41 Å². The quantitative estimate of drug-likeness (QED) is 0.918. The van der Waals surface area contributed by atoms with Crippen molar-refractivity contribution in [3.8, 4) is 5.69 Å². The van der Waals surface area contributed by atoms with Crippen molar-refractivity contribution in [3.05, 3.63) is 42.0 Å². The van der Waals surface area contributed by atoms with E-state index >= 15 is 0 Å². The van der Waals surface area contributed by atoms with E-state index in [2.05, 4.69) is 49.2 Å². The van der Waals surface area contributed by atoms with E-state index in [4.69, 9.17) is 0 Å². The lowest BCUT2D eigenvalue weighted by atomic mass is 9.80. The molecule has 1 unspecified atom stereocenters. The number of benzene rings is 1. The van der Waals surface area contributed by atoms with E-state index in [9.17, 15) is 4.79 Å². The maximum Gasteiger partial charge on any atom is 0.220 e. The number of carbonyl (C=O) groups excluding carboxylic acids is 1. The Hall–Kier alpha value is -2.21. The minimum atomic E-state index is 0.201. The number of amides is 1. The van der Waals surface area contributed by atoms with Crippen LogP contribution in [0.5, 0.6) is 0 Å². The number of piperidine rings is 1. The topological polar surface area (TPSA) is 63.1 Å². The number of nitrogens with one attached hydrogen (secondary N) is 1. The number of rotatable bonds is 4. The molecule has 5 rings (SSSR count). The van der Waals surface area contributed by atoms with Crippen LogP contribution in [0.15, 0.2) is 30.3 Å². The largest absolute Gasteiger partial charge is 0.355 e. The second kappa shape index (κ2) is 6.20. The highest BCUT2D eigenvalue weighted by Crippen LogP contribution is 2.41.